The van der Waals surface area contributed by atoms with Crippen LogP contribution in [0.15, 0.2) is 34.4 Å². The summed E-state index contributed by atoms with van der Waals surface area (Å²) in [6.07, 6.45) is 6.56. The monoisotopic (exact) mass is 441 g/mol. The number of aryl methyl sites for hydroxylation is 2. The molecule has 3 aromatic heterocycles. The summed E-state index contributed by atoms with van der Waals surface area (Å²) in [5.74, 6) is -0.332. The molecule has 0 saturated heterocycles. The van der Waals surface area contributed by atoms with Crippen molar-refractivity contribution in [3.8, 4) is 0 Å². The molecule has 4 aromatic rings. The largest absolute Gasteiger partial charge is 0.322 e. The van der Waals surface area contributed by atoms with E-state index in [0.717, 1.165) is 46.2 Å². The normalized spacial score (nSPS) is 14.5. The molecule has 1 aliphatic carbocycles. The SMILES string of the molecule is O=C(Nn1c(=S)[nH]c2sc3c(c2c1=O)CCCCCC3)c1csc2ccccc12. The van der Waals surface area contributed by atoms with Gasteiger partial charge in [-0.2, -0.15) is 4.68 Å². The fourth-order valence-electron chi connectivity index (χ4n) is 4.01. The van der Waals surface area contributed by atoms with Gasteiger partial charge >= 0.3 is 0 Å². The Bertz CT molecular complexity index is 1360. The van der Waals surface area contributed by atoms with Gasteiger partial charge < -0.3 is 4.98 Å². The Labute approximate surface area is 180 Å². The predicted molar refractivity (Wildman–Crippen MR) is 123 cm³/mol. The van der Waals surface area contributed by atoms with Crippen molar-refractivity contribution in [2.75, 3.05) is 5.43 Å². The van der Waals surface area contributed by atoms with Crippen molar-refractivity contribution in [1.29, 1.82) is 0 Å². The van der Waals surface area contributed by atoms with E-state index in [1.54, 1.807) is 11.3 Å². The minimum absolute atomic E-state index is 0.213. The first-order chi connectivity index (χ1) is 14.1. The number of hydrogen-bond acceptors (Lipinski definition) is 5. The average molecular weight is 442 g/mol. The van der Waals surface area contributed by atoms with Gasteiger partial charge in [-0.1, -0.05) is 31.0 Å². The lowest BCUT2D eigenvalue weighted by atomic mass is 9.98. The lowest BCUT2D eigenvalue weighted by Crippen LogP contribution is -2.34. The molecule has 1 amide bonds. The Morgan fingerprint density at radius 3 is 2.79 bits per heavy atom. The standard InChI is InChI=1S/C21H19N3O2S3/c25-18(14-11-28-15-9-6-5-7-12(14)15)23-24-20(26)17-13-8-3-1-2-4-10-16(13)29-19(17)22-21(24)27/h5-7,9,11H,1-4,8,10H2,(H,22,27)(H,23,25). The molecule has 2 N–H and O–H groups in total. The molecular weight excluding hydrogens is 422 g/mol. The Balaban J connectivity index is 1.60. The number of carbonyl (C=O) groups excluding carboxylic acids is 1. The van der Waals surface area contributed by atoms with Crippen LogP contribution in [-0.2, 0) is 12.8 Å². The number of fused-ring (bicyclic) bond motifs is 4. The van der Waals surface area contributed by atoms with E-state index in [-0.39, 0.29) is 16.2 Å². The molecule has 0 atom stereocenters. The van der Waals surface area contributed by atoms with Crippen molar-refractivity contribution in [3.63, 3.8) is 0 Å². The number of H-pyrrole nitrogens is 1. The zero-order chi connectivity index (χ0) is 20.0. The summed E-state index contributed by atoms with van der Waals surface area (Å²) >= 11 is 8.55. The summed E-state index contributed by atoms with van der Waals surface area (Å²) < 4.78 is 2.44. The summed E-state index contributed by atoms with van der Waals surface area (Å²) in [6, 6.07) is 7.74. The molecule has 0 spiro atoms. The summed E-state index contributed by atoms with van der Waals surface area (Å²) in [7, 11) is 0. The third kappa shape index (κ3) is 3.25. The van der Waals surface area contributed by atoms with E-state index in [1.165, 1.54) is 33.7 Å². The van der Waals surface area contributed by atoms with E-state index in [9.17, 15) is 9.59 Å². The zero-order valence-electron chi connectivity index (χ0n) is 15.6. The van der Waals surface area contributed by atoms with Crippen LogP contribution in [0.5, 0.6) is 0 Å². The van der Waals surface area contributed by atoms with Crippen LogP contribution in [0, 0.1) is 4.77 Å². The van der Waals surface area contributed by atoms with E-state index in [4.69, 9.17) is 12.2 Å². The number of aromatic nitrogens is 2. The van der Waals surface area contributed by atoms with Crippen LogP contribution >= 0.6 is 34.9 Å². The predicted octanol–water partition coefficient (Wildman–Crippen LogP) is 5.38. The van der Waals surface area contributed by atoms with Crippen LogP contribution in [0.25, 0.3) is 20.3 Å². The molecule has 5 nitrogen and oxygen atoms in total. The second-order valence-electron chi connectivity index (χ2n) is 7.28. The van der Waals surface area contributed by atoms with Crippen molar-refractivity contribution in [3.05, 3.63) is 60.8 Å². The molecule has 0 bridgehead atoms. The van der Waals surface area contributed by atoms with Crippen LogP contribution < -0.4 is 11.0 Å². The number of aromatic amines is 1. The van der Waals surface area contributed by atoms with Gasteiger partial charge in [-0.05, 0) is 49.5 Å². The smallest absolute Gasteiger partial charge is 0.282 e. The fourth-order valence-corrected chi connectivity index (χ4v) is 6.52. The second kappa shape index (κ2) is 7.51. The molecule has 0 saturated carbocycles. The van der Waals surface area contributed by atoms with Gasteiger partial charge in [0.25, 0.3) is 11.5 Å². The molecule has 3 heterocycles. The Morgan fingerprint density at radius 2 is 1.93 bits per heavy atom. The van der Waals surface area contributed by atoms with Crippen LogP contribution in [0.4, 0.5) is 0 Å². The molecule has 0 fully saturated rings. The van der Waals surface area contributed by atoms with Crippen LogP contribution in [0.2, 0.25) is 0 Å². The van der Waals surface area contributed by atoms with Gasteiger partial charge in [0.15, 0.2) is 0 Å². The third-order valence-electron chi connectivity index (χ3n) is 5.45. The van der Waals surface area contributed by atoms with Crippen LogP contribution in [0.3, 0.4) is 0 Å². The van der Waals surface area contributed by atoms with Crippen LogP contribution in [0.1, 0.15) is 46.5 Å². The fraction of sp³-hybridized carbons (Fsp3) is 0.286. The highest BCUT2D eigenvalue weighted by molar-refractivity contribution is 7.71. The van der Waals surface area contributed by atoms with Gasteiger partial charge in [-0.25, -0.2) is 0 Å². The number of nitrogens with zero attached hydrogens (tertiary/aromatic N) is 1. The maximum Gasteiger partial charge on any atom is 0.282 e. The van der Waals surface area contributed by atoms with Gasteiger partial charge in [-0.3, -0.25) is 15.0 Å². The molecule has 29 heavy (non-hydrogen) atoms. The molecular formula is C21H19N3O2S3. The summed E-state index contributed by atoms with van der Waals surface area (Å²) in [5.41, 5.74) is 4.17. The Hall–Kier alpha value is -2.29. The zero-order valence-corrected chi connectivity index (χ0v) is 18.1. The topological polar surface area (TPSA) is 66.9 Å². The van der Waals surface area contributed by atoms with Crippen LogP contribution in [-0.4, -0.2) is 15.6 Å². The average Bonchev–Trinajstić information content (AvgIpc) is 3.26. The van der Waals surface area contributed by atoms with Crippen molar-refractivity contribution in [1.82, 2.24) is 9.66 Å². The lowest BCUT2D eigenvalue weighted by Gasteiger charge is -2.10. The van der Waals surface area contributed by atoms with Crippen molar-refractivity contribution in [2.24, 2.45) is 0 Å². The number of rotatable bonds is 2. The second-order valence-corrected chi connectivity index (χ2v) is 9.68. The highest BCUT2D eigenvalue weighted by atomic mass is 32.1. The molecule has 148 valence electrons. The maximum atomic E-state index is 13.3. The van der Waals surface area contributed by atoms with Gasteiger partial charge in [0.1, 0.15) is 4.83 Å². The van der Waals surface area contributed by atoms with Gasteiger partial charge in [0.05, 0.1) is 10.9 Å². The van der Waals surface area contributed by atoms with E-state index in [2.05, 4.69) is 10.4 Å². The van der Waals surface area contributed by atoms with Gasteiger partial charge in [0, 0.05) is 20.3 Å². The molecule has 5 rings (SSSR count). The lowest BCUT2D eigenvalue weighted by molar-refractivity contribution is 0.101. The Morgan fingerprint density at radius 1 is 1.14 bits per heavy atom. The van der Waals surface area contributed by atoms with E-state index < -0.39 is 0 Å². The summed E-state index contributed by atoms with van der Waals surface area (Å²) in [6.45, 7) is 0. The van der Waals surface area contributed by atoms with E-state index in [1.807, 2.05) is 29.6 Å². The maximum absolute atomic E-state index is 13.3. The molecule has 0 aliphatic heterocycles. The molecule has 8 heteroatoms. The van der Waals surface area contributed by atoms with Crippen molar-refractivity contribution < 1.29 is 4.79 Å². The summed E-state index contributed by atoms with van der Waals surface area (Å²) in [4.78, 5) is 31.5. The molecule has 0 unspecified atom stereocenters. The Kier molecular flexibility index (Phi) is 4.85. The molecule has 1 aromatic carbocycles. The highest BCUT2D eigenvalue weighted by Crippen LogP contribution is 2.32. The number of hydrogen-bond donors (Lipinski definition) is 2. The van der Waals surface area contributed by atoms with Crippen molar-refractivity contribution in [2.45, 2.75) is 38.5 Å². The third-order valence-corrected chi connectivity index (χ3v) is 7.91. The number of carbonyl (C=O) groups is 1. The molecule has 1 aliphatic rings. The first-order valence-corrected chi connectivity index (χ1v) is 11.8. The highest BCUT2D eigenvalue weighted by Gasteiger charge is 2.20. The minimum Gasteiger partial charge on any atom is -0.322 e. The minimum atomic E-state index is -0.332. The number of amides is 1. The number of nitrogens with one attached hydrogen (secondary N) is 2. The molecule has 0 radical (unpaired) electrons. The van der Waals surface area contributed by atoms with Crippen molar-refractivity contribution >= 4 is 61.1 Å². The first kappa shape index (κ1) is 18.7. The van der Waals surface area contributed by atoms with E-state index in [0.29, 0.717) is 10.9 Å². The number of thiophene rings is 2. The first-order valence-electron chi connectivity index (χ1n) is 9.70. The summed E-state index contributed by atoms with van der Waals surface area (Å²) in [5, 5.41) is 3.37. The van der Waals surface area contributed by atoms with E-state index >= 15 is 0 Å². The number of benzene rings is 1. The van der Waals surface area contributed by atoms with Gasteiger partial charge in [-0.15, -0.1) is 22.7 Å². The quantitative estimate of drug-likeness (QED) is 0.411. The van der Waals surface area contributed by atoms with Gasteiger partial charge in [0.2, 0.25) is 4.77 Å².